The van der Waals surface area contributed by atoms with Gasteiger partial charge in [0.05, 0.1) is 31.2 Å². The molecule has 680 valence electrons. The molecular weight excluding hydrogens is 1590 g/mol. The Bertz CT molecular complexity index is 3420. The summed E-state index contributed by atoms with van der Waals surface area (Å²) >= 11 is 1.08. The molecule has 5 fully saturated rings. The van der Waals surface area contributed by atoms with Crippen LogP contribution in [0.5, 0.6) is 0 Å². The maximum Gasteiger partial charge on any atom is 0.408 e. The number of hydrogen-bond acceptors (Lipinski definition) is 31. The zero-order valence-corrected chi connectivity index (χ0v) is 73.3. The van der Waals surface area contributed by atoms with Gasteiger partial charge in [-0.05, 0) is 183 Å². The summed E-state index contributed by atoms with van der Waals surface area (Å²) in [5.74, 6) is -1.83. The number of alkyl carbamates (subject to hydrolysis) is 6. The van der Waals surface area contributed by atoms with E-state index in [1.807, 2.05) is 0 Å². The molecule has 119 heavy (non-hydrogen) atoms. The summed E-state index contributed by atoms with van der Waals surface area (Å²) < 4.78 is 90.5. The monoisotopic (exact) mass is 1720 g/mol. The Morgan fingerprint density at radius 2 is 0.958 bits per heavy atom. The SMILES string of the molecule is CC(C)(C)NC(=O)N(CCCOC1CCCCO1)C(CC(=O)OCc1ccccc1)C(=O)NCCSC[C@H]1O[C@@H](O[C@@H]2[C@@H](O)[C@H](NC(=O)OC(C)(C)C)C[C@H](NC(=O)OC(C)(C)C)[C@H]2O[C@H]2O[C@H](CNC(=O)OC(C)(C)C)[C@@H](O)[C@H](O)[C@H]2NC(=O)OC(C)(C)C)[C@H](O)[C@@H]1O[C@H]1O[C@@H](CNC(=O)OC(C)(C)C)[C@@H](O)[C@H](O)[C@H]1NC(=O)OC(C)(C)C. The lowest BCUT2D eigenvalue weighted by Gasteiger charge is -2.49. The molecule has 6 rings (SSSR count). The predicted octanol–water partition coefficient (Wildman–Crippen LogP) is 4.60. The molecule has 39 nitrogen and oxygen atoms in total. The minimum Gasteiger partial charge on any atom is -0.461 e. The van der Waals surface area contributed by atoms with Crippen LogP contribution >= 0.6 is 11.8 Å². The fourth-order valence-electron chi connectivity index (χ4n) is 12.9. The van der Waals surface area contributed by atoms with E-state index in [9.17, 15) is 73.8 Å². The number of benzene rings is 1. The molecule has 5 aliphatic rings. The standard InChI is InChI=1S/C79H133N9O30S/c1-73(2,3)87-66(97)88(32-27-34-105-50-30-25-26-33-104-50)45(37-49(89)106-40-42-28-23-22-24-29-42)62(96)80-31-35-119-41-48-60(111-64-52(86-72(103)118-79(19,20)21)57(94)55(92)47(108-64)39-82-68(99)114-75(7,8)9)58(95)65(109-48)112-61-53(90)43(83-69(100)115-76(10,11)12)36-44(84-70(101)116-77(13,14)15)59(61)110-63-51(85-71(102)117-78(16,17)18)56(93)54(91)46(107-63)38-81-67(98)113-74(4,5)6/h22-24,28-29,43-48,50-61,63-65,90-95H,25-27,30-41H2,1-21H3,(H,80,96)(H,81,98)(H,82,99)(H,83,100)(H,84,101)(H,85,102)(H,86,103)(H,87,97)/t43-,44+,45?,46-,47+,48-,50?,51-,52-,53+,54-,55-,56-,57-,58-,59-,60-,61-,63-,64-,65+/m1/s1. The normalized spacial score (nSPS) is 28.6. The molecule has 4 heterocycles. The van der Waals surface area contributed by atoms with Crippen LogP contribution in [0, 0.1) is 0 Å². The first-order chi connectivity index (χ1) is 55.0. The van der Waals surface area contributed by atoms with Crippen molar-refractivity contribution in [3.05, 3.63) is 35.9 Å². The molecule has 0 radical (unpaired) electrons. The van der Waals surface area contributed by atoms with Crippen molar-refractivity contribution in [2.24, 2.45) is 0 Å². The number of amides is 9. The lowest BCUT2D eigenvalue weighted by Crippen LogP contribution is -2.70. The molecule has 4 saturated heterocycles. The number of esters is 1. The Labute approximate surface area is 700 Å². The third kappa shape index (κ3) is 34.9. The van der Waals surface area contributed by atoms with Gasteiger partial charge in [-0.1, -0.05) is 30.3 Å². The second kappa shape index (κ2) is 43.7. The van der Waals surface area contributed by atoms with Crippen molar-refractivity contribution in [3.8, 4) is 0 Å². The van der Waals surface area contributed by atoms with E-state index < -0.39 is 248 Å². The number of urea groups is 1. The molecule has 1 aromatic rings. The van der Waals surface area contributed by atoms with Crippen LogP contribution in [0.25, 0.3) is 0 Å². The van der Waals surface area contributed by atoms with Crippen LogP contribution in [0.15, 0.2) is 30.3 Å². The van der Waals surface area contributed by atoms with Crippen molar-refractivity contribution in [2.75, 3.05) is 50.9 Å². The summed E-state index contributed by atoms with van der Waals surface area (Å²) in [5, 5.41) is 94.8. The number of carbonyl (C=O) groups is 9. The highest BCUT2D eigenvalue weighted by molar-refractivity contribution is 7.99. The van der Waals surface area contributed by atoms with Gasteiger partial charge in [0.1, 0.15) is 125 Å². The van der Waals surface area contributed by atoms with E-state index in [1.54, 1.807) is 176 Å². The summed E-state index contributed by atoms with van der Waals surface area (Å²) in [5.41, 5.74) is -6.80. The summed E-state index contributed by atoms with van der Waals surface area (Å²) in [6, 6.07) is -0.00364. The Hall–Kier alpha value is -7.16. The van der Waals surface area contributed by atoms with E-state index in [2.05, 4.69) is 42.5 Å². The molecule has 1 aliphatic carbocycles. The Balaban J connectivity index is 1.46. The number of rotatable bonds is 30. The predicted molar refractivity (Wildman–Crippen MR) is 426 cm³/mol. The highest BCUT2D eigenvalue weighted by Crippen LogP contribution is 2.38. The number of nitrogens with zero attached hydrogens (tertiary/aromatic N) is 1. The van der Waals surface area contributed by atoms with Gasteiger partial charge in [0, 0.05) is 49.8 Å². The van der Waals surface area contributed by atoms with Gasteiger partial charge in [-0.3, -0.25) is 9.59 Å². The van der Waals surface area contributed by atoms with Crippen molar-refractivity contribution >= 4 is 66.2 Å². The van der Waals surface area contributed by atoms with E-state index in [0.717, 1.165) is 24.6 Å². The highest BCUT2D eigenvalue weighted by Gasteiger charge is 2.58. The minimum absolute atomic E-state index is 0.0113. The van der Waals surface area contributed by atoms with E-state index in [0.29, 0.717) is 18.6 Å². The molecule has 1 saturated carbocycles. The fourth-order valence-corrected chi connectivity index (χ4v) is 13.8. The highest BCUT2D eigenvalue weighted by atomic mass is 32.2. The molecule has 2 unspecified atom stereocenters. The van der Waals surface area contributed by atoms with E-state index in [-0.39, 0.29) is 44.2 Å². The van der Waals surface area contributed by atoms with Crippen molar-refractivity contribution in [1.29, 1.82) is 0 Å². The van der Waals surface area contributed by atoms with Gasteiger partial charge in [-0.15, -0.1) is 0 Å². The quantitative estimate of drug-likeness (QED) is 0.0284. The number of hydrogen-bond donors (Lipinski definition) is 14. The molecule has 0 spiro atoms. The summed E-state index contributed by atoms with van der Waals surface area (Å²) in [4.78, 5) is 127. The smallest absolute Gasteiger partial charge is 0.408 e. The summed E-state index contributed by atoms with van der Waals surface area (Å²) in [6.45, 7) is 32.7. The Kier molecular flexibility index (Phi) is 37.0. The number of nitrogens with one attached hydrogen (secondary N) is 8. The van der Waals surface area contributed by atoms with Gasteiger partial charge in [0.25, 0.3) is 0 Å². The molecule has 1 aromatic carbocycles. The zero-order valence-electron chi connectivity index (χ0n) is 72.5. The van der Waals surface area contributed by atoms with Crippen LogP contribution in [0.2, 0.25) is 0 Å². The average Bonchev–Trinajstić information content (AvgIpc) is 1.75. The molecule has 0 bridgehead atoms. The minimum atomic E-state index is -2.13. The number of thioether (sulfide) groups is 1. The molecule has 40 heteroatoms. The number of carbonyl (C=O) groups excluding carboxylic acids is 9. The molecule has 0 aromatic heterocycles. The second-order valence-corrected chi connectivity index (χ2v) is 38.0. The van der Waals surface area contributed by atoms with Gasteiger partial charge >= 0.3 is 48.6 Å². The molecule has 21 atom stereocenters. The van der Waals surface area contributed by atoms with E-state index in [1.165, 1.54) is 4.90 Å². The van der Waals surface area contributed by atoms with Crippen LogP contribution in [-0.2, 0) is 87.2 Å². The maximum atomic E-state index is 14.9. The van der Waals surface area contributed by atoms with Crippen LogP contribution in [0.1, 0.15) is 189 Å². The number of ether oxygens (including phenoxy) is 15. The summed E-state index contributed by atoms with van der Waals surface area (Å²) in [7, 11) is 0. The number of aliphatic hydroxyl groups excluding tert-OH is 6. The van der Waals surface area contributed by atoms with Crippen LogP contribution in [-0.4, -0.2) is 309 Å². The molecule has 9 amide bonds. The van der Waals surface area contributed by atoms with E-state index in [4.69, 9.17) is 71.1 Å². The third-order valence-corrected chi connectivity index (χ3v) is 18.9. The van der Waals surface area contributed by atoms with Gasteiger partial charge in [-0.25, -0.2) is 33.6 Å². The lowest BCUT2D eigenvalue weighted by atomic mass is 9.83. The molecular formula is C79H133N9O30S. The summed E-state index contributed by atoms with van der Waals surface area (Å²) in [6.07, 6.45) is -33.8. The first kappa shape index (κ1) is 101. The first-order valence-electron chi connectivity index (χ1n) is 40.3. The fraction of sp³-hybridized carbons (Fsp3) is 0.810. The maximum absolute atomic E-state index is 14.9. The average molecular weight is 1720 g/mol. The van der Waals surface area contributed by atoms with Gasteiger partial charge in [-0.2, -0.15) is 11.8 Å². The van der Waals surface area contributed by atoms with Crippen LogP contribution < -0.4 is 42.5 Å². The molecule has 14 N–H and O–H groups in total. The van der Waals surface area contributed by atoms with Crippen molar-refractivity contribution < 1.29 is 145 Å². The van der Waals surface area contributed by atoms with Crippen LogP contribution in [0.4, 0.5) is 33.6 Å². The van der Waals surface area contributed by atoms with Gasteiger partial charge in [0.2, 0.25) is 5.91 Å². The lowest BCUT2D eigenvalue weighted by molar-refractivity contribution is -0.310. The first-order valence-corrected chi connectivity index (χ1v) is 41.5. The zero-order chi connectivity index (χ0) is 89.1. The van der Waals surface area contributed by atoms with Gasteiger partial charge in [0.15, 0.2) is 25.2 Å². The van der Waals surface area contributed by atoms with Crippen molar-refractivity contribution in [1.82, 2.24) is 47.4 Å². The molecule has 4 aliphatic heterocycles. The third-order valence-electron chi connectivity index (χ3n) is 17.8. The Morgan fingerprint density at radius 1 is 0.504 bits per heavy atom. The largest absolute Gasteiger partial charge is 0.461 e. The van der Waals surface area contributed by atoms with Crippen molar-refractivity contribution in [3.63, 3.8) is 0 Å². The van der Waals surface area contributed by atoms with Crippen LogP contribution in [0.3, 0.4) is 0 Å². The second-order valence-electron chi connectivity index (χ2n) is 36.9. The van der Waals surface area contributed by atoms with E-state index >= 15 is 0 Å². The topological polar surface area (TPSA) is 513 Å². The Morgan fingerprint density at radius 3 is 1.43 bits per heavy atom. The number of aliphatic hydroxyl groups is 6. The van der Waals surface area contributed by atoms with Gasteiger partial charge < -0.3 is 149 Å². The van der Waals surface area contributed by atoms with Crippen molar-refractivity contribution in [2.45, 2.75) is 358 Å².